The Morgan fingerprint density at radius 1 is 1.25 bits per heavy atom. The molecule has 0 aliphatic rings. The van der Waals surface area contributed by atoms with Crippen LogP contribution in [0.3, 0.4) is 0 Å². The number of aromatic carboxylic acids is 1. The fourth-order valence-corrected chi connectivity index (χ4v) is 2.28. The molecule has 0 radical (unpaired) electrons. The molecule has 0 bridgehead atoms. The van der Waals surface area contributed by atoms with Crippen molar-refractivity contribution < 1.29 is 14.6 Å². The lowest BCUT2D eigenvalue weighted by Crippen LogP contribution is -2.05. The zero-order chi connectivity index (χ0) is 14.9. The molecule has 0 saturated carbocycles. The third kappa shape index (κ3) is 2.41. The van der Waals surface area contributed by atoms with E-state index in [0.29, 0.717) is 5.92 Å². The predicted octanol–water partition coefficient (Wildman–Crippen LogP) is 3.52. The SMILES string of the molecule is COc1ccc(C(C)C)cc1-c1ccc(C(=O)O)n1C. The number of carboxylic acids is 1. The lowest BCUT2D eigenvalue weighted by Gasteiger charge is -2.14. The van der Waals surface area contributed by atoms with Crippen molar-refractivity contribution in [2.45, 2.75) is 19.8 Å². The molecule has 0 aliphatic carbocycles. The quantitative estimate of drug-likeness (QED) is 0.927. The van der Waals surface area contributed by atoms with E-state index in [-0.39, 0.29) is 5.69 Å². The average molecular weight is 273 g/mol. The van der Waals surface area contributed by atoms with E-state index in [2.05, 4.69) is 19.9 Å². The summed E-state index contributed by atoms with van der Waals surface area (Å²) in [4.78, 5) is 11.1. The molecular formula is C16H19NO3. The second kappa shape index (κ2) is 5.41. The number of carbonyl (C=O) groups is 1. The van der Waals surface area contributed by atoms with E-state index in [1.165, 1.54) is 5.56 Å². The van der Waals surface area contributed by atoms with E-state index in [1.54, 1.807) is 24.8 Å². The van der Waals surface area contributed by atoms with E-state index in [0.717, 1.165) is 17.0 Å². The maximum absolute atomic E-state index is 11.1. The Kier molecular flexibility index (Phi) is 3.84. The highest BCUT2D eigenvalue weighted by molar-refractivity contribution is 5.88. The first-order chi connectivity index (χ1) is 9.45. The number of rotatable bonds is 4. The Morgan fingerprint density at radius 3 is 2.45 bits per heavy atom. The molecule has 0 atom stereocenters. The normalized spacial score (nSPS) is 10.8. The number of hydrogen-bond acceptors (Lipinski definition) is 2. The molecule has 20 heavy (non-hydrogen) atoms. The molecule has 1 aromatic carbocycles. The van der Waals surface area contributed by atoms with Crippen LogP contribution >= 0.6 is 0 Å². The summed E-state index contributed by atoms with van der Waals surface area (Å²) in [6.45, 7) is 4.25. The molecule has 0 amide bonds. The zero-order valence-corrected chi connectivity index (χ0v) is 12.2. The van der Waals surface area contributed by atoms with Crippen LogP contribution in [0.5, 0.6) is 5.75 Å². The summed E-state index contributed by atoms with van der Waals surface area (Å²) in [5.41, 5.74) is 3.20. The number of nitrogens with zero attached hydrogens (tertiary/aromatic N) is 1. The lowest BCUT2D eigenvalue weighted by molar-refractivity contribution is 0.0686. The van der Waals surface area contributed by atoms with Crippen LogP contribution in [0.25, 0.3) is 11.3 Å². The summed E-state index contributed by atoms with van der Waals surface area (Å²) in [6, 6.07) is 9.45. The van der Waals surface area contributed by atoms with Crippen molar-refractivity contribution in [3.63, 3.8) is 0 Å². The highest BCUT2D eigenvalue weighted by Gasteiger charge is 2.16. The molecule has 0 spiro atoms. The second-order valence-electron chi connectivity index (χ2n) is 5.08. The van der Waals surface area contributed by atoms with E-state index >= 15 is 0 Å². The molecule has 0 aliphatic heterocycles. The summed E-state index contributed by atoms with van der Waals surface area (Å²) in [6.07, 6.45) is 0. The van der Waals surface area contributed by atoms with Crippen LogP contribution in [0.4, 0.5) is 0 Å². The molecule has 4 nitrogen and oxygen atoms in total. The summed E-state index contributed by atoms with van der Waals surface area (Å²) in [5.74, 6) is 0.212. The Hall–Kier alpha value is -2.23. The minimum absolute atomic E-state index is 0.261. The summed E-state index contributed by atoms with van der Waals surface area (Å²) < 4.78 is 7.07. The van der Waals surface area contributed by atoms with Crippen LogP contribution in [0, 0.1) is 0 Å². The van der Waals surface area contributed by atoms with Crippen molar-refractivity contribution in [2.24, 2.45) is 7.05 Å². The van der Waals surface area contributed by atoms with Gasteiger partial charge in [0.15, 0.2) is 0 Å². The van der Waals surface area contributed by atoms with Crippen LogP contribution in [0.1, 0.15) is 35.8 Å². The van der Waals surface area contributed by atoms with Gasteiger partial charge in [0.05, 0.1) is 12.8 Å². The van der Waals surface area contributed by atoms with Crippen molar-refractivity contribution in [2.75, 3.05) is 7.11 Å². The Labute approximate surface area is 118 Å². The molecule has 0 unspecified atom stereocenters. The molecule has 1 heterocycles. The number of hydrogen-bond donors (Lipinski definition) is 1. The average Bonchev–Trinajstić information content (AvgIpc) is 2.79. The van der Waals surface area contributed by atoms with Gasteiger partial charge in [0.2, 0.25) is 0 Å². The van der Waals surface area contributed by atoms with Crippen LogP contribution in [0.15, 0.2) is 30.3 Å². The summed E-state index contributed by atoms with van der Waals surface area (Å²) in [7, 11) is 3.37. The van der Waals surface area contributed by atoms with Gasteiger partial charge in [-0.25, -0.2) is 4.79 Å². The first-order valence-electron chi connectivity index (χ1n) is 6.53. The summed E-state index contributed by atoms with van der Waals surface area (Å²) >= 11 is 0. The van der Waals surface area contributed by atoms with Crippen LogP contribution in [-0.2, 0) is 7.05 Å². The smallest absolute Gasteiger partial charge is 0.352 e. The van der Waals surface area contributed by atoms with E-state index in [1.807, 2.05) is 18.2 Å². The van der Waals surface area contributed by atoms with Crippen LogP contribution < -0.4 is 4.74 Å². The van der Waals surface area contributed by atoms with Crippen molar-refractivity contribution in [3.8, 4) is 17.0 Å². The van der Waals surface area contributed by atoms with E-state index in [9.17, 15) is 4.79 Å². The van der Waals surface area contributed by atoms with Gasteiger partial charge in [0.25, 0.3) is 0 Å². The van der Waals surface area contributed by atoms with Gasteiger partial charge in [0.1, 0.15) is 11.4 Å². The fourth-order valence-electron chi connectivity index (χ4n) is 2.28. The monoisotopic (exact) mass is 273 g/mol. The Bertz CT molecular complexity index is 641. The minimum atomic E-state index is -0.933. The zero-order valence-electron chi connectivity index (χ0n) is 12.2. The fraction of sp³-hybridized carbons (Fsp3) is 0.312. The van der Waals surface area contributed by atoms with Crippen LogP contribution in [-0.4, -0.2) is 22.8 Å². The molecule has 2 rings (SSSR count). The first kappa shape index (κ1) is 14.2. The van der Waals surface area contributed by atoms with Crippen molar-refractivity contribution in [3.05, 3.63) is 41.6 Å². The molecule has 1 aromatic heterocycles. The Morgan fingerprint density at radius 2 is 1.95 bits per heavy atom. The van der Waals surface area contributed by atoms with Gasteiger partial charge in [-0.15, -0.1) is 0 Å². The number of methoxy groups -OCH3 is 1. The lowest BCUT2D eigenvalue weighted by atomic mass is 9.99. The number of carboxylic acid groups (broad SMARTS) is 1. The van der Waals surface area contributed by atoms with Crippen molar-refractivity contribution in [1.29, 1.82) is 0 Å². The van der Waals surface area contributed by atoms with Gasteiger partial charge < -0.3 is 14.4 Å². The molecule has 2 aromatic rings. The molecule has 1 N–H and O–H groups in total. The second-order valence-corrected chi connectivity index (χ2v) is 5.08. The molecular weight excluding hydrogens is 254 g/mol. The maximum Gasteiger partial charge on any atom is 0.352 e. The third-order valence-electron chi connectivity index (χ3n) is 3.51. The van der Waals surface area contributed by atoms with Gasteiger partial charge in [0, 0.05) is 12.6 Å². The van der Waals surface area contributed by atoms with Crippen molar-refractivity contribution >= 4 is 5.97 Å². The van der Waals surface area contributed by atoms with Crippen molar-refractivity contribution in [1.82, 2.24) is 4.57 Å². The Balaban J connectivity index is 2.61. The van der Waals surface area contributed by atoms with E-state index in [4.69, 9.17) is 9.84 Å². The largest absolute Gasteiger partial charge is 0.496 e. The van der Waals surface area contributed by atoms with Gasteiger partial charge >= 0.3 is 5.97 Å². The maximum atomic E-state index is 11.1. The number of benzene rings is 1. The third-order valence-corrected chi connectivity index (χ3v) is 3.51. The van der Waals surface area contributed by atoms with Gasteiger partial charge in [-0.05, 0) is 35.7 Å². The number of ether oxygens (including phenoxy) is 1. The standard InChI is InChI=1S/C16H19NO3/c1-10(2)11-5-8-15(20-4)12(9-11)13-6-7-14(16(18)19)17(13)3/h5-10H,1-4H3,(H,18,19). The van der Waals surface area contributed by atoms with Gasteiger partial charge in [-0.3, -0.25) is 0 Å². The number of aromatic nitrogens is 1. The molecule has 0 fully saturated rings. The molecule has 0 saturated heterocycles. The predicted molar refractivity (Wildman–Crippen MR) is 78.4 cm³/mol. The van der Waals surface area contributed by atoms with E-state index < -0.39 is 5.97 Å². The first-order valence-corrected chi connectivity index (χ1v) is 6.53. The van der Waals surface area contributed by atoms with Crippen LogP contribution in [0.2, 0.25) is 0 Å². The topological polar surface area (TPSA) is 51.5 Å². The molecule has 106 valence electrons. The van der Waals surface area contributed by atoms with Gasteiger partial charge in [-0.1, -0.05) is 19.9 Å². The molecule has 4 heteroatoms. The highest BCUT2D eigenvalue weighted by Crippen LogP contribution is 2.33. The highest BCUT2D eigenvalue weighted by atomic mass is 16.5. The van der Waals surface area contributed by atoms with Gasteiger partial charge in [-0.2, -0.15) is 0 Å². The summed E-state index contributed by atoms with van der Waals surface area (Å²) in [5, 5.41) is 9.14. The minimum Gasteiger partial charge on any atom is -0.496 e.